The van der Waals surface area contributed by atoms with E-state index in [1.54, 1.807) is 12.3 Å². The van der Waals surface area contributed by atoms with E-state index in [1.165, 1.54) is 17.8 Å². The molecule has 2 atom stereocenters. The van der Waals surface area contributed by atoms with E-state index in [2.05, 4.69) is 10.2 Å². The third-order valence-corrected chi connectivity index (χ3v) is 5.96. The van der Waals surface area contributed by atoms with E-state index in [4.69, 9.17) is 0 Å². The predicted octanol–water partition coefficient (Wildman–Crippen LogP) is 4.17. The highest BCUT2D eigenvalue weighted by Gasteiger charge is 2.39. The normalized spacial score (nSPS) is 24.6. The maximum Gasteiger partial charge on any atom is 0.417 e. The van der Waals surface area contributed by atoms with Crippen molar-refractivity contribution in [3.63, 3.8) is 0 Å². The van der Waals surface area contributed by atoms with Crippen molar-refractivity contribution in [3.8, 4) is 0 Å². The van der Waals surface area contributed by atoms with Crippen LogP contribution in [0.1, 0.15) is 48.0 Å². The SMILES string of the molecule is CSc1cccc(C(F)(F)F)c1C(=O)NC1CCCC1N1CCCC1. The Kier molecular flexibility index (Phi) is 5.63. The Hall–Kier alpha value is -1.21. The number of nitrogens with one attached hydrogen (secondary N) is 1. The van der Waals surface area contributed by atoms with Crippen LogP contribution in [0.4, 0.5) is 13.2 Å². The summed E-state index contributed by atoms with van der Waals surface area (Å²) in [6.07, 6.45) is 2.30. The Morgan fingerprint density at radius 2 is 1.92 bits per heavy atom. The molecule has 3 rings (SSSR count). The summed E-state index contributed by atoms with van der Waals surface area (Å²) in [6.45, 7) is 2.04. The van der Waals surface area contributed by atoms with Crippen LogP contribution in [-0.2, 0) is 6.18 Å². The molecule has 1 aliphatic carbocycles. The Balaban J connectivity index is 1.83. The second-order valence-electron chi connectivity index (χ2n) is 6.70. The lowest BCUT2D eigenvalue weighted by molar-refractivity contribution is -0.138. The predicted molar refractivity (Wildman–Crippen MR) is 92.9 cm³/mol. The van der Waals surface area contributed by atoms with Gasteiger partial charge in [0.25, 0.3) is 5.91 Å². The fraction of sp³-hybridized carbons (Fsp3) is 0.611. The van der Waals surface area contributed by atoms with Gasteiger partial charge in [-0.25, -0.2) is 0 Å². The summed E-state index contributed by atoms with van der Waals surface area (Å²) >= 11 is 1.17. The molecule has 7 heteroatoms. The molecule has 1 aliphatic heterocycles. The van der Waals surface area contributed by atoms with Crippen molar-refractivity contribution in [2.24, 2.45) is 0 Å². The molecule has 1 heterocycles. The average molecular weight is 372 g/mol. The van der Waals surface area contributed by atoms with Crippen LogP contribution in [0.5, 0.6) is 0 Å². The molecule has 0 radical (unpaired) electrons. The zero-order valence-corrected chi connectivity index (χ0v) is 15.1. The van der Waals surface area contributed by atoms with Gasteiger partial charge in [0, 0.05) is 17.0 Å². The van der Waals surface area contributed by atoms with Crippen LogP contribution in [-0.4, -0.2) is 42.2 Å². The number of benzene rings is 1. The first kappa shape index (κ1) is 18.6. The van der Waals surface area contributed by atoms with Crippen molar-refractivity contribution < 1.29 is 18.0 Å². The maximum absolute atomic E-state index is 13.4. The zero-order chi connectivity index (χ0) is 18.0. The van der Waals surface area contributed by atoms with Gasteiger partial charge >= 0.3 is 6.18 Å². The maximum atomic E-state index is 13.4. The third-order valence-electron chi connectivity index (χ3n) is 5.18. The molecule has 25 heavy (non-hydrogen) atoms. The zero-order valence-electron chi connectivity index (χ0n) is 14.2. The minimum atomic E-state index is -4.54. The molecule has 138 valence electrons. The van der Waals surface area contributed by atoms with Crippen LogP contribution >= 0.6 is 11.8 Å². The second kappa shape index (κ2) is 7.58. The van der Waals surface area contributed by atoms with Gasteiger partial charge in [-0.05, 0) is 63.6 Å². The molecule has 3 nitrogen and oxygen atoms in total. The average Bonchev–Trinajstić information content (AvgIpc) is 3.24. The molecule has 0 aromatic heterocycles. The van der Waals surface area contributed by atoms with Crippen LogP contribution in [0, 0.1) is 0 Å². The van der Waals surface area contributed by atoms with Gasteiger partial charge in [0.2, 0.25) is 0 Å². The molecular formula is C18H23F3N2OS. The van der Waals surface area contributed by atoms with Gasteiger partial charge in [0.1, 0.15) is 0 Å². The number of carbonyl (C=O) groups is 1. The van der Waals surface area contributed by atoms with Crippen molar-refractivity contribution in [2.75, 3.05) is 19.3 Å². The molecule has 1 amide bonds. The number of halogens is 3. The number of likely N-dealkylation sites (tertiary alicyclic amines) is 1. The van der Waals surface area contributed by atoms with Crippen molar-refractivity contribution in [2.45, 2.75) is 55.3 Å². The Morgan fingerprint density at radius 1 is 1.20 bits per heavy atom. The molecule has 1 saturated carbocycles. The molecule has 0 spiro atoms. The summed E-state index contributed by atoms with van der Waals surface area (Å²) in [6, 6.07) is 4.10. The smallest absolute Gasteiger partial charge is 0.348 e. The monoisotopic (exact) mass is 372 g/mol. The van der Waals surface area contributed by atoms with Gasteiger partial charge in [0.05, 0.1) is 11.1 Å². The molecule has 1 saturated heterocycles. The van der Waals surface area contributed by atoms with Gasteiger partial charge in [-0.3, -0.25) is 9.69 Å². The van der Waals surface area contributed by atoms with E-state index in [0.29, 0.717) is 4.90 Å². The molecule has 0 bridgehead atoms. The highest BCUT2D eigenvalue weighted by atomic mass is 32.2. The minimum absolute atomic E-state index is 0.0680. The number of nitrogens with zero attached hydrogens (tertiary/aromatic N) is 1. The number of amides is 1. The summed E-state index contributed by atoms with van der Waals surface area (Å²) < 4.78 is 40.1. The van der Waals surface area contributed by atoms with E-state index < -0.39 is 17.6 Å². The number of alkyl halides is 3. The van der Waals surface area contributed by atoms with E-state index in [0.717, 1.165) is 51.3 Å². The van der Waals surface area contributed by atoms with Gasteiger partial charge in [-0.2, -0.15) is 13.2 Å². The standard InChI is InChI=1S/C18H23F3N2OS/c1-25-15-9-4-6-12(18(19,20)21)16(15)17(24)22-13-7-5-8-14(13)23-10-2-3-11-23/h4,6,9,13-14H,2-3,5,7-8,10-11H2,1H3,(H,22,24). The van der Waals surface area contributed by atoms with Crippen LogP contribution in [0.2, 0.25) is 0 Å². The minimum Gasteiger partial charge on any atom is -0.348 e. The van der Waals surface area contributed by atoms with Crippen molar-refractivity contribution in [3.05, 3.63) is 29.3 Å². The second-order valence-corrected chi connectivity index (χ2v) is 7.55. The highest BCUT2D eigenvalue weighted by molar-refractivity contribution is 7.98. The Labute approximate surface area is 150 Å². The number of hydrogen-bond donors (Lipinski definition) is 1. The first-order valence-corrected chi connectivity index (χ1v) is 9.93. The summed E-state index contributed by atoms with van der Waals surface area (Å²) in [7, 11) is 0. The van der Waals surface area contributed by atoms with E-state index in [1.807, 2.05) is 0 Å². The molecule has 2 unspecified atom stereocenters. The molecule has 1 N–H and O–H groups in total. The van der Waals surface area contributed by atoms with Crippen LogP contribution in [0.3, 0.4) is 0 Å². The number of rotatable bonds is 4. The largest absolute Gasteiger partial charge is 0.417 e. The Morgan fingerprint density at radius 3 is 2.56 bits per heavy atom. The fourth-order valence-corrected chi connectivity index (χ4v) is 4.65. The fourth-order valence-electron chi connectivity index (χ4n) is 4.03. The lowest BCUT2D eigenvalue weighted by Crippen LogP contribution is -2.48. The lowest BCUT2D eigenvalue weighted by Gasteiger charge is -2.30. The molecule has 2 fully saturated rings. The molecular weight excluding hydrogens is 349 g/mol. The Bertz CT molecular complexity index is 629. The molecule has 1 aromatic rings. The summed E-state index contributed by atoms with van der Waals surface area (Å²) in [5.74, 6) is -0.603. The highest BCUT2D eigenvalue weighted by Crippen LogP contribution is 2.36. The van der Waals surface area contributed by atoms with Crippen molar-refractivity contribution in [1.82, 2.24) is 10.2 Å². The quantitative estimate of drug-likeness (QED) is 0.805. The van der Waals surface area contributed by atoms with Crippen molar-refractivity contribution >= 4 is 17.7 Å². The topological polar surface area (TPSA) is 32.3 Å². The third kappa shape index (κ3) is 3.97. The summed E-state index contributed by atoms with van der Waals surface area (Å²) in [5, 5.41) is 2.92. The number of hydrogen-bond acceptors (Lipinski definition) is 3. The van der Waals surface area contributed by atoms with Gasteiger partial charge in [0.15, 0.2) is 0 Å². The van der Waals surface area contributed by atoms with Crippen LogP contribution in [0.25, 0.3) is 0 Å². The first-order valence-electron chi connectivity index (χ1n) is 8.71. The molecule has 1 aromatic carbocycles. The van der Waals surface area contributed by atoms with Gasteiger partial charge < -0.3 is 5.32 Å². The first-order chi connectivity index (χ1) is 11.9. The summed E-state index contributed by atoms with van der Waals surface area (Å²) in [5.41, 5.74) is -1.10. The van der Waals surface area contributed by atoms with Crippen LogP contribution < -0.4 is 5.32 Å². The van der Waals surface area contributed by atoms with Gasteiger partial charge in [-0.15, -0.1) is 11.8 Å². The number of carbonyl (C=O) groups excluding carboxylic acids is 1. The van der Waals surface area contributed by atoms with Gasteiger partial charge in [-0.1, -0.05) is 6.07 Å². The molecule has 2 aliphatic rings. The van der Waals surface area contributed by atoms with E-state index >= 15 is 0 Å². The lowest BCUT2D eigenvalue weighted by atomic mass is 10.0. The number of thioether (sulfide) groups is 1. The summed E-state index contributed by atoms with van der Waals surface area (Å²) in [4.78, 5) is 15.5. The van der Waals surface area contributed by atoms with E-state index in [9.17, 15) is 18.0 Å². The van der Waals surface area contributed by atoms with E-state index in [-0.39, 0.29) is 17.6 Å². The van der Waals surface area contributed by atoms with Crippen LogP contribution in [0.15, 0.2) is 23.1 Å². The van der Waals surface area contributed by atoms with Crippen molar-refractivity contribution in [1.29, 1.82) is 0 Å².